The Morgan fingerprint density at radius 1 is 1.06 bits per heavy atom. The molecular weight excluding hydrogens is 500 g/mol. The first-order valence-corrected chi connectivity index (χ1v) is 13.6. The number of methoxy groups -OCH3 is 1. The molecule has 9 heteroatoms. The largest absolute Gasteiger partial charge is 0.497 e. The predicted octanol–water partition coefficient (Wildman–Crippen LogP) is 4.75. The van der Waals surface area contributed by atoms with Crippen molar-refractivity contribution in [3.63, 3.8) is 0 Å². The normalized spacial score (nSPS) is 15.1. The summed E-state index contributed by atoms with van der Waals surface area (Å²) in [7, 11) is -2.50. The van der Waals surface area contributed by atoms with E-state index in [1.165, 1.54) is 35.2 Å². The molecule has 0 aliphatic carbocycles. The number of carbonyl (C=O) groups excluding carboxylic acids is 1. The first kappa shape index (κ1) is 25.9. The third-order valence-corrected chi connectivity index (χ3v) is 8.27. The summed E-state index contributed by atoms with van der Waals surface area (Å²) in [5.41, 5.74) is 3.66. The lowest BCUT2D eigenvalue weighted by atomic mass is 10.0. The van der Waals surface area contributed by atoms with Gasteiger partial charge in [-0.2, -0.15) is 0 Å². The summed E-state index contributed by atoms with van der Waals surface area (Å²) in [6, 6.07) is 17.1. The van der Waals surface area contributed by atoms with Crippen molar-refractivity contribution in [1.29, 1.82) is 0 Å². The predicted molar refractivity (Wildman–Crippen MR) is 140 cm³/mol. The molecule has 4 rings (SSSR count). The van der Waals surface area contributed by atoms with Gasteiger partial charge in [-0.15, -0.1) is 0 Å². The molecule has 1 amide bonds. The first-order chi connectivity index (χ1) is 17.3. The van der Waals surface area contributed by atoms with Gasteiger partial charge in [0.25, 0.3) is 15.9 Å². The molecular formula is C27H29ClN2O5S. The molecule has 0 saturated carbocycles. The van der Waals surface area contributed by atoms with Gasteiger partial charge in [0.1, 0.15) is 11.5 Å². The minimum atomic E-state index is -4.01. The molecule has 1 atom stereocenters. The van der Waals surface area contributed by atoms with Crippen molar-refractivity contribution < 1.29 is 22.7 Å². The topological polar surface area (TPSA) is 84.9 Å². The highest BCUT2D eigenvalue weighted by Gasteiger charge is 2.37. The van der Waals surface area contributed by atoms with Crippen molar-refractivity contribution >= 4 is 33.2 Å². The summed E-state index contributed by atoms with van der Waals surface area (Å²) in [5.74, 6) is 0.412. The van der Waals surface area contributed by atoms with Gasteiger partial charge in [-0.1, -0.05) is 43.6 Å². The van der Waals surface area contributed by atoms with E-state index in [0.717, 1.165) is 24.0 Å². The maximum absolute atomic E-state index is 13.6. The molecule has 190 valence electrons. The molecule has 36 heavy (non-hydrogen) atoms. The number of anilines is 1. The number of hydrogen-bond acceptors (Lipinski definition) is 5. The minimum Gasteiger partial charge on any atom is -0.497 e. The molecule has 0 fully saturated rings. The van der Waals surface area contributed by atoms with Crippen LogP contribution in [0.3, 0.4) is 0 Å². The van der Waals surface area contributed by atoms with Crippen LogP contribution in [0.4, 0.5) is 5.69 Å². The number of sulfonamides is 1. The fourth-order valence-electron chi connectivity index (χ4n) is 4.17. The van der Waals surface area contributed by atoms with Crippen LogP contribution in [0, 0.1) is 0 Å². The molecule has 0 saturated heterocycles. The lowest BCUT2D eigenvalue weighted by Crippen LogP contribution is -2.50. The van der Waals surface area contributed by atoms with E-state index in [0.29, 0.717) is 17.3 Å². The SMILES string of the molecule is CCc1ccc(CC)c(CNC(=O)[C@@H]2CN(S(=O)(=O)c3ccc(OC)cc3)c3cc(Cl)ccc3O2)c1. The maximum atomic E-state index is 13.6. The van der Waals surface area contributed by atoms with E-state index in [2.05, 4.69) is 37.4 Å². The lowest BCUT2D eigenvalue weighted by molar-refractivity contribution is -0.127. The molecule has 3 aromatic rings. The monoisotopic (exact) mass is 528 g/mol. The van der Waals surface area contributed by atoms with Crippen LogP contribution in [0.15, 0.2) is 65.6 Å². The zero-order valence-electron chi connectivity index (χ0n) is 20.5. The zero-order chi connectivity index (χ0) is 25.9. The number of halogens is 1. The van der Waals surface area contributed by atoms with Crippen molar-refractivity contribution in [3.8, 4) is 11.5 Å². The summed E-state index contributed by atoms with van der Waals surface area (Å²) in [6.07, 6.45) is 0.705. The number of nitrogens with one attached hydrogen (secondary N) is 1. The van der Waals surface area contributed by atoms with Crippen LogP contribution in [0.25, 0.3) is 0 Å². The number of hydrogen-bond donors (Lipinski definition) is 1. The van der Waals surface area contributed by atoms with Gasteiger partial charge in [0.05, 0.1) is 24.2 Å². The average molecular weight is 529 g/mol. The Labute approximate surface area is 217 Å². The number of fused-ring (bicyclic) bond motifs is 1. The van der Waals surface area contributed by atoms with Crippen LogP contribution in [0.2, 0.25) is 5.02 Å². The molecule has 1 aliphatic heterocycles. The molecule has 0 radical (unpaired) electrons. The molecule has 0 spiro atoms. The van der Waals surface area contributed by atoms with Gasteiger partial charge < -0.3 is 14.8 Å². The Hall–Kier alpha value is -3.23. The fraction of sp³-hybridized carbons (Fsp3) is 0.296. The highest BCUT2D eigenvalue weighted by molar-refractivity contribution is 7.92. The number of carbonyl (C=O) groups is 1. The molecule has 0 unspecified atom stereocenters. The van der Waals surface area contributed by atoms with Gasteiger partial charge in [-0.05, 0) is 72.0 Å². The van der Waals surface area contributed by atoms with Gasteiger partial charge in [0, 0.05) is 11.6 Å². The number of ether oxygens (including phenoxy) is 2. The van der Waals surface area contributed by atoms with Gasteiger partial charge in [-0.3, -0.25) is 9.10 Å². The Morgan fingerprint density at radius 2 is 1.81 bits per heavy atom. The van der Waals surface area contributed by atoms with E-state index in [1.807, 2.05) is 0 Å². The number of amides is 1. The van der Waals surface area contributed by atoms with Crippen LogP contribution in [0.1, 0.15) is 30.5 Å². The summed E-state index contributed by atoms with van der Waals surface area (Å²) in [5, 5.41) is 3.30. The number of aryl methyl sites for hydroxylation is 2. The molecule has 1 N–H and O–H groups in total. The van der Waals surface area contributed by atoms with Gasteiger partial charge in [0.15, 0.2) is 6.10 Å². The van der Waals surface area contributed by atoms with E-state index < -0.39 is 22.0 Å². The maximum Gasteiger partial charge on any atom is 0.264 e. The molecule has 1 aliphatic rings. The van der Waals surface area contributed by atoms with Crippen LogP contribution < -0.4 is 19.1 Å². The Balaban J connectivity index is 1.61. The molecule has 3 aromatic carbocycles. The van der Waals surface area contributed by atoms with Gasteiger partial charge >= 0.3 is 0 Å². The van der Waals surface area contributed by atoms with Gasteiger partial charge in [-0.25, -0.2) is 8.42 Å². The van der Waals surface area contributed by atoms with Crippen LogP contribution >= 0.6 is 11.6 Å². The Morgan fingerprint density at radius 3 is 2.47 bits per heavy atom. The second-order valence-corrected chi connectivity index (χ2v) is 10.8. The van der Waals surface area contributed by atoms with E-state index in [1.54, 1.807) is 24.3 Å². The summed E-state index contributed by atoms with van der Waals surface area (Å²) in [6.45, 7) is 4.29. The molecule has 0 bridgehead atoms. The van der Waals surface area contributed by atoms with Crippen molar-refractivity contribution in [2.75, 3.05) is 18.0 Å². The lowest BCUT2D eigenvalue weighted by Gasteiger charge is -2.35. The van der Waals surface area contributed by atoms with Crippen molar-refractivity contribution in [2.45, 2.75) is 44.2 Å². The van der Waals surface area contributed by atoms with Crippen LogP contribution in [-0.2, 0) is 34.2 Å². The van der Waals surface area contributed by atoms with E-state index >= 15 is 0 Å². The van der Waals surface area contributed by atoms with Crippen molar-refractivity contribution in [2.24, 2.45) is 0 Å². The van der Waals surface area contributed by atoms with Crippen LogP contribution in [0.5, 0.6) is 11.5 Å². The Kier molecular flexibility index (Phi) is 7.76. The third kappa shape index (κ3) is 5.29. The molecule has 7 nitrogen and oxygen atoms in total. The quantitative estimate of drug-likeness (QED) is 0.456. The second kappa shape index (κ2) is 10.8. The van der Waals surface area contributed by atoms with E-state index in [9.17, 15) is 13.2 Å². The zero-order valence-corrected chi connectivity index (χ0v) is 22.0. The highest BCUT2D eigenvalue weighted by Crippen LogP contribution is 2.39. The summed E-state index contributed by atoms with van der Waals surface area (Å²) >= 11 is 6.17. The Bertz CT molecular complexity index is 1360. The van der Waals surface area contributed by atoms with Crippen molar-refractivity contribution in [3.05, 3.63) is 82.4 Å². The van der Waals surface area contributed by atoms with Gasteiger partial charge in [0.2, 0.25) is 0 Å². The van der Waals surface area contributed by atoms with E-state index in [-0.39, 0.29) is 22.9 Å². The summed E-state index contributed by atoms with van der Waals surface area (Å²) in [4.78, 5) is 13.3. The smallest absolute Gasteiger partial charge is 0.264 e. The molecule has 0 aromatic heterocycles. The number of benzene rings is 3. The van der Waals surface area contributed by atoms with Crippen molar-refractivity contribution in [1.82, 2.24) is 5.32 Å². The summed E-state index contributed by atoms with van der Waals surface area (Å²) < 4.78 is 39.5. The van der Waals surface area contributed by atoms with Crippen LogP contribution in [-0.4, -0.2) is 34.1 Å². The number of rotatable bonds is 8. The fourth-order valence-corrected chi connectivity index (χ4v) is 5.80. The van der Waals surface area contributed by atoms with E-state index in [4.69, 9.17) is 21.1 Å². The average Bonchev–Trinajstić information content (AvgIpc) is 2.90. The minimum absolute atomic E-state index is 0.0688. The third-order valence-electron chi connectivity index (χ3n) is 6.24. The second-order valence-electron chi connectivity index (χ2n) is 8.46. The first-order valence-electron chi connectivity index (χ1n) is 11.8. The molecule has 1 heterocycles. The highest BCUT2D eigenvalue weighted by atomic mass is 35.5. The standard InChI is InChI=1S/C27H29ClN2O5S/c1-4-18-6-7-19(5-2)20(14-18)16-29-27(31)26-17-30(24-15-21(28)8-13-25(24)35-26)36(32,33)23-11-9-22(34-3)10-12-23/h6-15,26H,4-5,16-17H2,1-3H3,(H,29,31)/t26-/m0/s1. The number of nitrogens with zero attached hydrogens (tertiary/aromatic N) is 1.